The Morgan fingerprint density at radius 1 is 1.10 bits per heavy atom. The van der Waals surface area contributed by atoms with Gasteiger partial charge in [0.1, 0.15) is 0 Å². The molecule has 3 rings (SSSR count). The smallest absolute Gasteiger partial charge is 0.323 e. The SMILES string of the molecule is Cc1nn(Cc2cccc(Cl)c2)c(C)c1NC(=O)CCn1nc(C(F)(F)F)c(Cl)c1C. The molecule has 0 aliphatic rings. The Morgan fingerprint density at radius 2 is 1.81 bits per heavy atom. The first-order valence-electron chi connectivity index (χ1n) is 9.35. The normalized spacial score (nSPS) is 11.7. The lowest BCUT2D eigenvalue weighted by Gasteiger charge is -2.08. The minimum absolute atomic E-state index is 0.0395. The Labute approximate surface area is 186 Å². The number of nitrogens with one attached hydrogen (secondary N) is 1. The number of alkyl halides is 3. The van der Waals surface area contributed by atoms with Crippen molar-refractivity contribution < 1.29 is 18.0 Å². The topological polar surface area (TPSA) is 64.7 Å². The van der Waals surface area contributed by atoms with Gasteiger partial charge in [-0.1, -0.05) is 35.3 Å². The standard InChI is InChI=1S/C20H20Cl2F3N5O/c1-11-18(13(3)30(27-11)10-14-5-4-6-15(21)9-14)26-16(31)7-8-29-12(2)17(22)19(28-29)20(23,24)25/h4-6,9H,7-8,10H2,1-3H3,(H,26,31). The Hall–Kier alpha value is -2.52. The van der Waals surface area contributed by atoms with Gasteiger partial charge in [-0.05, 0) is 38.5 Å². The van der Waals surface area contributed by atoms with Crippen molar-refractivity contribution in [2.45, 2.75) is 46.5 Å². The van der Waals surface area contributed by atoms with Crippen LogP contribution in [-0.4, -0.2) is 25.5 Å². The van der Waals surface area contributed by atoms with Crippen molar-refractivity contribution in [1.82, 2.24) is 19.6 Å². The lowest BCUT2D eigenvalue weighted by Crippen LogP contribution is -2.17. The largest absolute Gasteiger partial charge is 0.436 e. The summed E-state index contributed by atoms with van der Waals surface area (Å²) in [6.45, 7) is 5.46. The predicted molar refractivity (Wildman–Crippen MR) is 112 cm³/mol. The fourth-order valence-corrected chi connectivity index (χ4v) is 3.63. The molecule has 0 bridgehead atoms. The van der Waals surface area contributed by atoms with E-state index in [4.69, 9.17) is 23.2 Å². The van der Waals surface area contributed by atoms with Crippen LogP contribution in [0.15, 0.2) is 24.3 Å². The maximum atomic E-state index is 12.9. The van der Waals surface area contributed by atoms with Crippen LogP contribution in [0.3, 0.4) is 0 Å². The van der Waals surface area contributed by atoms with Gasteiger partial charge in [-0.15, -0.1) is 0 Å². The summed E-state index contributed by atoms with van der Waals surface area (Å²) >= 11 is 11.8. The minimum Gasteiger partial charge on any atom is -0.323 e. The molecule has 2 aromatic heterocycles. The molecule has 2 heterocycles. The highest BCUT2D eigenvalue weighted by atomic mass is 35.5. The lowest BCUT2D eigenvalue weighted by atomic mass is 10.2. The number of halogens is 5. The van der Waals surface area contributed by atoms with Crippen molar-refractivity contribution in [1.29, 1.82) is 0 Å². The quantitative estimate of drug-likeness (QED) is 0.520. The number of aromatic nitrogens is 4. The number of benzene rings is 1. The molecule has 0 aliphatic heterocycles. The lowest BCUT2D eigenvalue weighted by molar-refractivity contribution is -0.141. The van der Waals surface area contributed by atoms with Crippen molar-refractivity contribution in [3.63, 3.8) is 0 Å². The van der Waals surface area contributed by atoms with Gasteiger partial charge in [-0.3, -0.25) is 14.2 Å². The second-order valence-corrected chi connectivity index (χ2v) is 7.91. The van der Waals surface area contributed by atoms with Gasteiger partial charge < -0.3 is 5.32 Å². The highest BCUT2D eigenvalue weighted by Crippen LogP contribution is 2.35. The monoisotopic (exact) mass is 473 g/mol. The van der Waals surface area contributed by atoms with Crippen molar-refractivity contribution in [3.8, 4) is 0 Å². The molecular weight excluding hydrogens is 454 g/mol. The van der Waals surface area contributed by atoms with Crippen LogP contribution < -0.4 is 5.32 Å². The third-order valence-corrected chi connectivity index (χ3v) is 5.51. The van der Waals surface area contributed by atoms with Crippen LogP contribution in [0.25, 0.3) is 0 Å². The summed E-state index contributed by atoms with van der Waals surface area (Å²) in [4.78, 5) is 12.4. The molecule has 0 fully saturated rings. The average Bonchev–Trinajstić information content (AvgIpc) is 3.11. The fourth-order valence-electron chi connectivity index (χ4n) is 3.17. The van der Waals surface area contributed by atoms with Crippen LogP contribution in [-0.2, 0) is 24.1 Å². The molecular formula is C20H20Cl2F3N5O. The number of nitrogens with zero attached hydrogens (tertiary/aromatic N) is 4. The Morgan fingerprint density at radius 3 is 2.42 bits per heavy atom. The fraction of sp³-hybridized carbons (Fsp3) is 0.350. The minimum atomic E-state index is -4.65. The van der Waals surface area contributed by atoms with Crippen LogP contribution >= 0.6 is 23.2 Å². The maximum absolute atomic E-state index is 12.9. The molecule has 0 saturated carbocycles. The van der Waals surface area contributed by atoms with E-state index < -0.39 is 16.9 Å². The van der Waals surface area contributed by atoms with Crippen LogP contribution in [0.4, 0.5) is 18.9 Å². The number of amides is 1. The van der Waals surface area contributed by atoms with Gasteiger partial charge in [0.25, 0.3) is 0 Å². The van der Waals surface area contributed by atoms with Crippen LogP contribution in [0.5, 0.6) is 0 Å². The number of hydrogen-bond donors (Lipinski definition) is 1. The zero-order valence-corrected chi connectivity index (χ0v) is 18.5. The van der Waals surface area contributed by atoms with Gasteiger partial charge in [-0.2, -0.15) is 23.4 Å². The number of aryl methyl sites for hydroxylation is 2. The number of hydrogen-bond acceptors (Lipinski definition) is 3. The summed E-state index contributed by atoms with van der Waals surface area (Å²) in [6.07, 6.45) is -4.73. The van der Waals surface area contributed by atoms with Crippen LogP contribution in [0.2, 0.25) is 10.0 Å². The Balaban J connectivity index is 1.68. The molecule has 1 N–H and O–H groups in total. The average molecular weight is 474 g/mol. The summed E-state index contributed by atoms with van der Waals surface area (Å²) in [5.41, 5.74) is 1.92. The van der Waals surface area contributed by atoms with E-state index >= 15 is 0 Å². The molecule has 0 saturated heterocycles. The summed E-state index contributed by atoms with van der Waals surface area (Å²) in [5.74, 6) is -0.368. The Bertz CT molecular complexity index is 1120. The van der Waals surface area contributed by atoms with E-state index in [1.54, 1.807) is 17.7 Å². The van der Waals surface area contributed by atoms with Gasteiger partial charge >= 0.3 is 6.18 Å². The van der Waals surface area contributed by atoms with Gasteiger partial charge in [0.05, 0.1) is 40.9 Å². The van der Waals surface area contributed by atoms with Gasteiger partial charge in [-0.25, -0.2) is 0 Å². The number of carbonyl (C=O) groups is 1. The summed E-state index contributed by atoms with van der Waals surface area (Å²) < 4.78 is 41.7. The second-order valence-electron chi connectivity index (χ2n) is 7.10. The van der Waals surface area contributed by atoms with Crippen molar-refractivity contribution in [2.75, 3.05) is 5.32 Å². The first-order valence-corrected chi connectivity index (χ1v) is 10.1. The third-order valence-electron chi connectivity index (χ3n) is 4.82. The molecule has 3 aromatic rings. The van der Waals surface area contributed by atoms with Gasteiger partial charge in [0.15, 0.2) is 5.69 Å². The van der Waals surface area contributed by atoms with E-state index in [2.05, 4.69) is 15.5 Å². The molecule has 1 aromatic carbocycles. The summed E-state index contributed by atoms with van der Waals surface area (Å²) in [6, 6.07) is 7.39. The third kappa shape index (κ3) is 5.22. The maximum Gasteiger partial charge on any atom is 0.436 e. The number of carbonyl (C=O) groups excluding carboxylic acids is 1. The van der Waals surface area contributed by atoms with E-state index in [0.717, 1.165) is 15.9 Å². The van der Waals surface area contributed by atoms with E-state index in [9.17, 15) is 18.0 Å². The van der Waals surface area contributed by atoms with Crippen molar-refractivity contribution in [2.24, 2.45) is 0 Å². The zero-order chi connectivity index (χ0) is 22.9. The van der Waals surface area contributed by atoms with Crippen LogP contribution in [0, 0.1) is 20.8 Å². The first kappa shape index (κ1) is 23.1. The molecule has 0 unspecified atom stereocenters. The van der Waals surface area contributed by atoms with E-state index in [1.165, 1.54) is 6.92 Å². The first-order chi connectivity index (χ1) is 14.5. The van der Waals surface area contributed by atoms with Crippen LogP contribution in [0.1, 0.15) is 34.8 Å². The molecule has 0 aliphatic carbocycles. The number of anilines is 1. The highest BCUT2D eigenvalue weighted by Gasteiger charge is 2.38. The molecule has 166 valence electrons. The molecule has 1 amide bonds. The van der Waals surface area contributed by atoms with E-state index in [0.29, 0.717) is 22.9 Å². The van der Waals surface area contributed by atoms with Crippen molar-refractivity contribution >= 4 is 34.8 Å². The second kappa shape index (κ2) is 8.92. The molecule has 0 radical (unpaired) electrons. The predicted octanol–water partition coefficient (Wildman–Crippen LogP) is 5.41. The molecule has 31 heavy (non-hydrogen) atoms. The highest BCUT2D eigenvalue weighted by molar-refractivity contribution is 6.32. The van der Waals surface area contributed by atoms with E-state index in [-0.39, 0.29) is 24.6 Å². The number of rotatable bonds is 6. The molecule has 0 atom stereocenters. The van der Waals surface area contributed by atoms with E-state index in [1.807, 2.05) is 25.1 Å². The molecule has 0 spiro atoms. The zero-order valence-electron chi connectivity index (χ0n) is 17.0. The summed E-state index contributed by atoms with van der Waals surface area (Å²) in [7, 11) is 0. The van der Waals surface area contributed by atoms with Gasteiger partial charge in [0.2, 0.25) is 5.91 Å². The molecule has 6 nitrogen and oxygen atoms in total. The summed E-state index contributed by atoms with van der Waals surface area (Å²) in [5, 5.41) is 10.9. The Kier molecular flexibility index (Phi) is 6.66. The van der Waals surface area contributed by atoms with Gasteiger partial charge in [0, 0.05) is 11.4 Å². The van der Waals surface area contributed by atoms with Crippen molar-refractivity contribution in [3.05, 3.63) is 62.6 Å². The molecule has 11 heteroatoms.